The molecule has 0 aliphatic heterocycles. The molecular weight excluding hydrogens is 153 g/mol. The first-order valence-electron chi connectivity index (χ1n) is 4.27. The molecular formula is C10H12FN. The van der Waals surface area contributed by atoms with E-state index < -0.39 is 0 Å². The van der Waals surface area contributed by atoms with E-state index in [1.165, 1.54) is 6.07 Å². The topological polar surface area (TPSA) is 26.0 Å². The lowest BCUT2D eigenvalue weighted by molar-refractivity contribution is 0.624. The fourth-order valence-electron chi connectivity index (χ4n) is 1.65. The first kappa shape index (κ1) is 7.74. The SMILES string of the molecule is NCC1CC1c1cccc(F)c1. The third kappa shape index (κ3) is 1.34. The summed E-state index contributed by atoms with van der Waals surface area (Å²) in [6, 6.07) is 6.82. The Labute approximate surface area is 71.4 Å². The summed E-state index contributed by atoms with van der Waals surface area (Å²) in [6.45, 7) is 0.723. The van der Waals surface area contributed by atoms with E-state index in [4.69, 9.17) is 5.73 Å². The smallest absolute Gasteiger partial charge is 0.123 e. The average Bonchev–Trinajstić information content (AvgIpc) is 2.83. The standard InChI is InChI=1S/C10H12FN/c11-9-3-1-2-7(4-9)10-5-8(10)6-12/h1-4,8,10H,5-6,12H2. The number of hydrogen-bond acceptors (Lipinski definition) is 1. The van der Waals surface area contributed by atoms with E-state index in [0.29, 0.717) is 11.8 Å². The Morgan fingerprint density at radius 1 is 1.50 bits per heavy atom. The fraction of sp³-hybridized carbons (Fsp3) is 0.400. The summed E-state index contributed by atoms with van der Waals surface area (Å²) in [4.78, 5) is 0. The number of halogens is 1. The maximum absolute atomic E-state index is 12.8. The molecule has 2 rings (SSSR count). The lowest BCUT2D eigenvalue weighted by atomic mass is 10.1. The Bertz CT molecular complexity index is 285. The second kappa shape index (κ2) is 2.87. The van der Waals surface area contributed by atoms with Gasteiger partial charge in [-0.15, -0.1) is 0 Å². The van der Waals surface area contributed by atoms with Crippen molar-refractivity contribution in [2.75, 3.05) is 6.54 Å². The van der Waals surface area contributed by atoms with Crippen LogP contribution in [0.25, 0.3) is 0 Å². The number of hydrogen-bond donors (Lipinski definition) is 1. The van der Waals surface area contributed by atoms with Crippen LogP contribution in [0.2, 0.25) is 0 Å². The van der Waals surface area contributed by atoms with Gasteiger partial charge in [-0.25, -0.2) is 4.39 Å². The van der Waals surface area contributed by atoms with Gasteiger partial charge in [0.2, 0.25) is 0 Å². The molecule has 1 aromatic rings. The van der Waals surface area contributed by atoms with Gasteiger partial charge in [0.05, 0.1) is 0 Å². The maximum atomic E-state index is 12.8. The van der Waals surface area contributed by atoms with E-state index in [9.17, 15) is 4.39 Å². The monoisotopic (exact) mass is 165 g/mol. The summed E-state index contributed by atoms with van der Waals surface area (Å²) in [7, 11) is 0. The molecule has 1 saturated carbocycles. The van der Waals surface area contributed by atoms with Crippen LogP contribution in [0.5, 0.6) is 0 Å². The lowest BCUT2D eigenvalue weighted by Crippen LogP contribution is -2.01. The van der Waals surface area contributed by atoms with E-state index in [2.05, 4.69) is 0 Å². The highest BCUT2D eigenvalue weighted by Gasteiger charge is 2.36. The second-order valence-electron chi connectivity index (χ2n) is 3.39. The summed E-state index contributed by atoms with van der Waals surface area (Å²) in [6.07, 6.45) is 1.12. The molecule has 0 bridgehead atoms. The Kier molecular flexibility index (Phi) is 1.85. The van der Waals surface area contributed by atoms with Crippen molar-refractivity contribution in [3.63, 3.8) is 0 Å². The highest BCUT2D eigenvalue weighted by atomic mass is 19.1. The van der Waals surface area contributed by atoms with Crippen LogP contribution in [0.1, 0.15) is 17.9 Å². The molecule has 1 aromatic carbocycles. The molecule has 2 atom stereocenters. The Balaban J connectivity index is 2.14. The van der Waals surface area contributed by atoms with E-state index in [0.717, 1.165) is 18.5 Å². The largest absolute Gasteiger partial charge is 0.330 e. The van der Waals surface area contributed by atoms with Gasteiger partial charge in [0.25, 0.3) is 0 Å². The summed E-state index contributed by atoms with van der Waals surface area (Å²) in [5, 5.41) is 0. The van der Waals surface area contributed by atoms with Gasteiger partial charge >= 0.3 is 0 Å². The molecule has 0 aromatic heterocycles. The van der Waals surface area contributed by atoms with E-state index in [1.807, 2.05) is 6.07 Å². The summed E-state index contributed by atoms with van der Waals surface area (Å²) in [5.74, 6) is 0.965. The minimum atomic E-state index is -0.143. The molecule has 1 fully saturated rings. The fourth-order valence-corrected chi connectivity index (χ4v) is 1.65. The molecule has 0 heterocycles. The van der Waals surface area contributed by atoms with Crippen LogP contribution in [0.3, 0.4) is 0 Å². The molecule has 1 aliphatic carbocycles. The Morgan fingerprint density at radius 2 is 2.33 bits per heavy atom. The van der Waals surface area contributed by atoms with Crippen LogP contribution in [0, 0.1) is 11.7 Å². The molecule has 2 N–H and O–H groups in total. The van der Waals surface area contributed by atoms with Gasteiger partial charge in [-0.1, -0.05) is 12.1 Å². The number of nitrogens with two attached hydrogens (primary N) is 1. The molecule has 2 heteroatoms. The molecule has 0 saturated heterocycles. The first-order chi connectivity index (χ1) is 5.81. The van der Waals surface area contributed by atoms with Crippen molar-refractivity contribution < 1.29 is 4.39 Å². The lowest BCUT2D eigenvalue weighted by Gasteiger charge is -1.98. The normalized spacial score (nSPS) is 27.2. The predicted octanol–water partition coefficient (Wildman–Crippen LogP) is 1.89. The Hall–Kier alpha value is -0.890. The highest BCUT2D eigenvalue weighted by Crippen LogP contribution is 2.46. The minimum absolute atomic E-state index is 0.143. The van der Waals surface area contributed by atoms with Gasteiger partial charge in [0, 0.05) is 0 Å². The average molecular weight is 165 g/mol. The maximum Gasteiger partial charge on any atom is 0.123 e. The summed E-state index contributed by atoms with van der Waals surface area (Å²) >= 11 is 0. The number of benzene rings is 1. The van der Waals surface area contributed by atoms with Crippen LogP contribution in [0.4, 0.5) is 4.39 Å². The zero-order chi connectivity index (χ0) is 8.55. The minimum Gasteiger partial charge on any atom is -0.330 e. The summed E-state index contributed by atoms with van der Waals surface area (Å²) < 4.78 is 12.8. The van der Waals surface area contributed by atoms with Crippen LogP contribution < -0.4 is 5.73 Å². The second-order valence-corrected chi connectivity index (χ2v) is 3.39. The van der Waals surface area contributed by atoms with Gasteiger partial charge in [0.15, 0.2) is 0 Å². The van der Waals surface area contributed by atoms with Crippen LogP contribution in [-0.2, 0) is 0 Å². The van der Waals surface area contributed by atoms with Crippen molar-refractivity contribution in [3.8, 4) is 0 Å². The van der Waals surface area contributed by atoms with Gasteiger partial charge in [-0.3, -0.25) is 0 Å². The first-order valence-corrected chi connectivity index (χ1v) is 4.27. The van der Waals surface area contributed by atoms with E-state index >= 15 is 0 Å². The molecule has 12 heavy (non-hydrogen) atoms. The molecule has 1 nitrogen and oxygen atoms in total. The molecule has 0 radical (unpaired) electrons. The van der Waals surface area contributed by atoms with Crippen LogP contribution >= 0.6 is 0 Å². The van der Waals surface area contributed by atoms with E-state index in [1.54, 1.807) is 12.1 Å². The number of rotatable bonds is 2. The van der Waals surface area contributed by atoms with Gasteiger partial charge < -0.3 is 5.73 Å². The quantitative estimate of drug-likeness (QED) is 0.711. The third-order valence-electron chi connectivity index (χ3n) is 2.50. The Morgan fingerprint density at radius 3 is 2.92 bits per heavy atom. The van der Waals surface area contributed by atoms with Crippen molar-refractivity contribution in [3.05, 3.63) is 35.6 Å². The van der Waals surface area contributed by atoms with Crippen molar-refractivity contribution in [2.45, 2.75) is 12.3 Å². The van der Waals surface area contributed by atoms with Gasteiger partial charge in [0.1, 0.15) is 5.82 Å². The predicted molar refractivity (Wildman–Crippen MR) is 46.3 cm³/mol. The van der Waals surface area contributed by atoms with Gasteiger partial charge in [-0.05, 0) is 42.5 Å². The highest BCUT2D eigenvalue weighted by molar-refractivity contribution is 5.26. The van der Waals surface area contributed by atoms with Crippen LogP contribution in [0.15, 0.2) is 24.3 Å². The van der Waals surface area contributed by atoms with Crippen LogP contribution in [-0.4, -0.2) is 6.54 Å². The molecule has 64 valence electrons. The van der Waals surface area contributed by atoms with Crippen molar-refractivity contribution in [1.82, 2.24) is 0 Å². The molecule has 2 unspecified atom stereocenters. The van der Waals surface area contributed by atoms with Crippen molar-refractivity contribution in [1.29, 1.82) is 0 Å². The zero-order valence-corrected chi connectivity index (χ0v) is 6.83. The third-order valence-corrected chi connectivity index (χ3v) is 2.50. The van der Waals surface area contributed by atoms with Crippen molar-refractivity contribution >= 4 is 0 Å². The van der Waals surface area contributed by atoms with Gasteiger partial charge in [-0.2, -0.15) is 0 Å². The van der Waals surface area contributed by atoms with Crippen molar-refractivity contribution in [2.24, 2.45) is 11.7 Å². The molecule has 0 amide bonds. The molecule has 0 spiro atoms. The molecule has 1 aliphatic rings. The summed E-state index contributed by atoms with van der Waals surface area (Å²) in [5.41, 5.74) is 6.61. The zero-order valence-electron chi connectivity index (χ0n) is 6.83. The van der Waals surface area contributed by atoms with E-state index in [-0.39, 0.29) is 5.82 Å².